The summed E-state index contributed by atoms with van der Waals surface area (Å²) in [5.41, 5.74) is 1.12. The van der Waals surface area contributed by atoms with Crippen molar-refractivity contribution in [2.75, 3.05) is 25.3 Å². The number of nitrogens with zero attached hydrogens (tertiary/aromatic N) is 1. The van der Waals surface area contributed by atoms with Gasteiger partial charge < -0.3 is 25.2 Å². The molecule has 0 bridgehead atoms. The van der Waals surface area contributed by atoms with E-state index in [2.05, 4.69) is 15.6 Å². The van der Waals surface area contributed by atoms with Crippen molar-refractivity contribution in [3.8, 4) is 11.5 Å². The molecule has 0 aliphatic carbocycles. The predicted molar refractivity (Wildman–Crippen MR) is 77.4 cm³/mol. The van der Waals surface area contributed by atoms with Crippen LogP contribution >= 0.6 is 11.3 Å². The van der Waals surface area contributed by atoms with Gasteiger partial charge in [-0.15, -0.1) is 11.3 Å². The van der Waals surface area contributed by atoms with Crippen molar-refractivity contribution in [2.45, 2.75) is 0 Å². The van der Waals surface area contributed by atoms with Gasteiger partial charge in [0.05, 0.1) is 6.61 Å². The molecule has 1 aromatic heterocycles. The molecule has 8 heteroatoms. The summed E-state index contributed by atoms with van der Waals surface area (Å²) in [6.07, 6.45) is 0. The van der Waals surface area contributed by atoms with Crippen LogP contribution in [0.3, 0.4) is 0 Å². The Morgan fingerprint density at radius 1 is 1.38 bits per heavy atom. The molecule has 0 radical (unpaired) electrons. The van der Waals surface area contributed by atoms with Crippen molar-refractivity contribution in [3.05, 3.63) is 29.3 Å². The van der Waals surface area contributed by atoms with E-state index in [-0.39, 0.29) is 25.9 Å². The van der Waals surface area contributed by atoms with Crippen molar-refractivity contribution in [1.29, 1.82) is 0 Å². The molecule has 3 N–H and O–H groups in total. The van der Waals surface area contributed by atoms with Gasteiger partial charge in [-0.1, -0.05) is 0 Å². The third-order valence-electron chi connectivity index (χ3n) is 2.76. The SMILES string of the molecule is O=C(NCCO)c1csc(Nc2ccc3c(c2)OCO3)n1. The number of aromatic nitrogens is 1. The molecule has 1 aliphatic heterocycles. The Kier molecular flexibility index (Phi) is 3.89. The van der Waals surface area contributed by atoms with Gasteiger partial charge in [0.2, 0.25) is 6.79 Å². The number of carbonyl (C=O) groups is 1. The highest BCUT2D eigenvalue weighted by molar-refractivity contribution is 7.14. The fraction of sp³-hybridized carbons (Fsp3) is 0.231. The van der Waals surface area contributed by atoms with E-state index < -0.39 is 0 Å². The van der Waals surface area contributed by atoms with E-state index in [0.29, 0.717) is 22.3 Å². The molecule has 1 amide bonds. The van der Waals surface area contributed by atoms with Crippen LogP contribution in [0, 0.1) is 0 Å². The molecule has 0 saturated heterocycles. The molecule has 21 heavy (non-hydrogen) atoms. The molecule has 3 rings (SSSR count). The number of rotatable bonds is 5. The number of hydrogen-bond acceptors (Lipinski definition) is 7. The van der Waals surface area contributed by atoms with Crippen molar-refractivity contribution < 1.29 is 19.4 Å². The maximum Gasteiger partial charge on any atom is 0.270 e. The third-order valence-corrected chi connectivity index (χ3v) is 3.52. The lowest BCUT2D eigenvalue weighted by molar-refractivity contribution is 0.0940. The molecule has 0 saturated carbocycles. The fourth-order valence-corrected chi connectivity index (χ4v) is 2.50. The first-order valence-corrected chi connectivity index (χ1v) is 7.15. The van der Waals surface area contributed by atoms with Crippen molar-refractivity contribution in [2.24, 2.45) is 0 Å². The number of fused-ring (bicyclic) bond motifs is 1. The molecular weight excluding hydrogens is 294 g/mol. The van der Waals surface area contributed by atoms with E-state index in [0.717, 1.165) is 5.69 Å². The largest absolute Gasteiger partial charge is 0.454 e. The highest BCUT2D eigenvalue weighted by Crippen LogP contribution is 2.35. The summed E-state index contributed by atoms with van der Waals surface area (Å²) in [6.45, 7) is 0.338. The minimum absolute atomic E-state index is 0.0990. The van der Waals surface area contributed by atoms with Crippen molar-refractivity contribution in [3.63, 3.8) is 0 Å². The van der Waals surface area contributed by atoms with Gasteiger partial charge in [-0.05, 0) is 12.1 Å². The van der Waals surface area contributed by atoms with Gasteiger partial charge >= 0.3 is 0 Å². The zero-order valence-electron chi connectivity index (χ0n) is 11.0. The second kappa shape index (κ2) is 5.98. The Balaban J connectivity index is 1.68. The summed E-state index contributed by atoms with van der Waals surface area (Å²) in [5, 5.41) is 16.6. The van der Waals surface area contributed by atoms with E-state index in [1.54, 1.807) is 5.38 Å². The van der Waals surface area contributed by atoms with E-state index in [1.807, 2.05) is 18.2 Å². The van der Waals surface area contributed by atoms with Crippen molar-refractivity contribution in [1.82, 2.24) is 10.3 Å². The topological polar surface area (TPSA) is 92.7 Å². The number of nitrogens with one attached hydrogen (secondary N) is 2. The third kappa shape index (κ3) is 3.06. The number of anilines is 2. The highest BCUT2D eigenvalue weighted by Gasteiger charge is 2.14. The van der Waals surface area contributed by atoms with Crippen LogP contribution in [0.1, 0.15) is 10.5 Å². The second-order valence-electron chi connectivity index (χ2n) is 4.21. The number of aliphatic hydroxyl groups excluding tert-OH is 1. The normalized spacial score (nSPS) is 12.2. The molecule has 2 heterocycles. The minimum Gasteiger partial charge on any atom is -0.454 e. The smallest absolute Gasteiger partial charge is 0.270 e. The van der Waals surface area contributed by atoms with E-state index in [9.17, 15) is 4.79 Å². The lowest BCUT2D eigenvalue weighted by Crippen LogP contribution is -2.26. The lowest BCUT2D eigenvalue weighted by atomic mass is 10.3. The van der Waals surface area contributed by atoms with Crippen molar-refractivity contribution >= 4 is 28.1 Å². The highest BCUT2D eigenvalue weighted by atomic mass is 32.1. The summed E-state index contributed by atoms with van der Waals surface area (Å²) in [4.78, 5) is 15.9. The van der Waals surface area contributed by atoms with Gasteiger partial charge in [0.15, 0.2) is 16.6 Å². The number of aliphatic hydroxyl groups is 1. The maximum atomic E-state index is 11.7. The molecule has 0 fully saturated rings. The second-order valence-corrected chi connectivity index (χ2v) is 5.07. The average Bonchev–Trinajstić information content (AvgIpc) is 3.13. The van der Waals surface area contributed by atoms with E-state index in [4.69, 9.17) is 14.6 Å². The van der Waals surface area contributed by atoms with Gasteiger partial charge in [-0.25, -0.2) is 4.98 Å². The van der Waals surface area contributed by atoms with Crippen LogP contribution in [0.4, 0.5) is 10.8 Å². The van der Waals surface area contributed by atoms with Crippen LogP contribution in [-0.4, -0.2) is 35.9 Å². The zero-order valence-corrected chi connectivity index (χ0v) is 11.8. The number of hydrogen-bond donors (Lipinski definition) is 3. The first kappa shape index (κ1) is 13.7. The average molecular weight is 307 g/mol. The van der Waals surface area contributed by atoms with Crippen LogP contribution < -0.4 is 20.1 Å². The Labute approximate surface area is 124 Å². The minimum atomic E-state index is -0.306. The van der Waals surface area contributed by atoms with E-state index in [1.165, 1.54) is 11.3 Å². The summed E-state index contributed by atoms with van der Waals surface area (Å²) in [7, 11) is 0. The first-order chi connectivity index (χ1) is 10.3. The van der Waals surface area contributed by atoms with E-state index >= 15 is 0 Å². The molecular formula is C13H13N3O4S. The molecule has 1 aliphatic rings. The Morgan fingerprint density at radius 3 is 3.10 bits per heavy atom. The van der Waals surface area contributed by atoms with Gasteiger partial charge in [-0.2, -0.15) is 0 Å². The molecule has 7 nitrogen and oxygen atoms in total. The molecule has 2 aromatic rings. The summed E-state index contributed by atoms with van der Waals surface area (Å²) >= 11 is 1.32. The molecule has 0 unspecified atom stereocenters. The number of carbonyl (C=O) groups excluding carboxylic acids is 1. The fourth-order valence-electron chi connectivity index (χ4n) is 1.79. The Bertz CT molecular complexity index is 659. The molecule has 1 aromatic carbocycles. The first-order valence-electron chi connectivity index (χ1n) is 6.27. The number of ether oxygens (including phenoxy) is 2. The summed E-state index contributed by atoms with van der Waals surface area (Å²) in [6, 6.07) is 5.47. The number of benzene rings is 1. The number of thiazole rings is 1. The van der Waals surface area contributed by atoms with Gasteiger partial charge in [0.25, 0.3) is 5.91 Å². The van der Waals surface area contributed by atoms with Crippen LogP contribution in [0.15, 0.2) is 23.6 Å². The maximum absolute atomic E-state index is 11.7. The van der Waals surface area contributed by atoms with Gasteiger partial charge in [0, 0.05) is 23.7 Å². The monoisotopic (exact) mass is 307 g/mol. The lowest BCUT2D eigenvalue weighted by Gasteiger charge is -2.03. The summed E-state index contributed by atoms with van der Waals surface area (Å²) < 4.78 is 10.5. The predicted octanol–water partition coefficient (Wildman–Crippen LogP) is 1.34. The van der Waals surface area contributed by atoms with Gasteiger partial charge in [-0.3, -0.25) is 4.79 Å². The summed E-state index contributed by atoms with van der Waals surface area (Å²) in [5.74, 6) is 1.08. The zero-order chi connectivity index (χ0) is 14.7. The molecule has 0 atom stereocenters. The van der Waals surface area contributed by atoms with Crippen LogP contribution in [-0.2, 0) is 0 Å². The van der Waals surface area contributed by atoms with Crippen LogP contribution in [0.25, 0.3) is 0 Å². The van der Waals surface area contributed by atoms with Crippen LogP contribution in [0.2, 0.25) is 0 Å². The standard InChI is InChI=1S/C13H13N3O4S/c17-4-3-14-12(18)9-6-21-13(16-9)15-8-1-2-10-11(5-8)20-7-19-10/h1-2,5-6,17H,3-4,7H2,(H,14,18)(H,15,16). The molecule has 110 valence electrons. The number of amides is 1. The molecule has 0 spiro atoms. The Hall–Kier alpha value is -2.32. The quantitative estimate of drug-likeness (QED) is 0.772. The Morgan fingerprint density at radius 2 is 2.24 bits per heavy atom. The van der Waals surface area contributed by atoms with Gasteiger partial charge in [0.1, 0.15) is 5.69 Å². The van der Waals surface area contributed by atoms with Crippen LogP contribution in [0.5, 0.6) is 11.5 Å².